The Morgan fingerprint density at radius 3 is 2.29 bits per heavy atom. The highest BCUT2D eigenvalue weighted by Gasteiger charge is 1.86. The highest BCUT2D eigenvalue weighted by Crippen LogP contribution is 1.82. The molecule has 0 aromatic heterocycles. The Bertz CT molecular complexity index is 106. The van der Waals surface area contributed by atoms with Gasteiger partial charge < -0.3 is 10.9 Å². The number of nitrogens with zero attached hydrogens (tertiary/aromatic N) is 1. The number of oxime groups is 1. The average molecular weight is 100 g/mol. The molecule has 0 radical (unpaired) electrons. The van der Waals surface area contributed by atoms with E-state index in [4.69, 9.17) is 10.9 Å². The molecule has 0 rings (SSSR count). The third-order valence-electron chi connectivity index (χ3n) is 0.545. The van der Waals surface area contributed by atoms with Gasteiger partial charge in [-0.3, -0.25) is 0 Å². The summed E-state index contributed by atoms with van der Waals surface area (Å²) in [5.74, 6) is 0.0833. The van der Waals surface area contributed by atoms with E-state index >= 15 is 0 Å². The Hall–Kier alpha value is -0.990. The number of hydrogen-bond acceptors (Lipinski definition) is 2. The molecule has 3 N–H and O–H groups in total. The molecule has 0 unspecified atom stereocenters. The van der Waals surface area contributed by atoms with Crippen molar-refractivity contribution in [1.82, 2.24) is 0 Å². The van der Waals surface area contributed by atoms with Crippen LogP contribution in [0.1, 0.15) is 6.92 Å². The van der Waals surface area contributed by atoms with E-state index in [1.807, 2.05) is 0 Å². The second-order valence-electron chi connectivity index (χ2n) is 1.27. The molecule has 0 heterocycles. The Labute approximate surface area is 42.1 Å². The van der Waals surface area contributed by atoms with Gasteiger partial charge in [0.05, 0.1) is 0 Å². The van der Waals surface area contributed by atoms with E-state index < -0.39 is 0 Å². The van der Waals surface area contributed by atoms with Gasteiger partial charge in [0.2, 0.25) is 0 Å². The first-order valence-electron chi connectivity index (χ1n) is 1.82. The quantitative estimate of drug-likeness (QED) is 0.215. The van der Waals surface area contributed by atoms with Crippen LogP contribution in [-0.2, 0) is 0 Å². The molecule has 0 saturated carbocycles. The van der Waals surface area contributed by atoms with Crippen LogP contribution in [0, 0.1) is 0 Å². The van der Waals surface area contributed by atoms with Crippen LogP contribution in [0.5, 0.6) is 0 Å². The third kappa shape index (κ3) is 1.81. The first-order chi connectivity index (χ1) is 3.18. The minimum atomic E-state index is 0.0833. The van der Waals surface area contributed by atoms with Gasteiger partial charge in [0.25, 0.3) is 0 Å². The standard InChI is InChI=1S/C4H8N2O/c1-3(2)4(5)6-7/h7H,1H2,2H3,(H2,5,6). The van der Waals surface area contributed by atoms with Gasteiger partial charge in [-0.25, -0.2) is 0 Å². The van der Waals surface area contributed by atoms with Crippen LogP contribution in [0.25, 0.3) is 0 Å². The number of amidine groups is 1. The van der Waals surface area contributed by atoms with E-state index in [0.717, 1.165) is 0 Å². The van der Waals surface area contributed by atoms with Gasteiger partial charge in [0.1, 0.15) is 0 Å². The van der Waals surface area contributed by atoms with E-state index in [2.05, 4.69) is 11.7 Å². The van der Waals surface area contributed by atoms with Gasteiger partial charge in [-0.05, 0) is 12.5 Å². The molecule has 0 fully saturated rings. The van der Waals surface area contributed by atoms with Crippen molar-refractivity contribution in [3.05, 3.63) is 12.2 Å². The number of rotatable bonds is 1. The van der Waals surface area contributed by atoms with Crippen molar-refractivity contribution in [2.75, 3.05) is 0 Å². The Balaban J connectivity index is 3.82. The Morgan fingerprint density at radius 2 is 2.29 bits per heavy atom. The predicted molar refractivity (Wildman–Crippen MR) is 28.2 cm³/mol. The maximum Gasteiger partial charge on any atom is 0.165 e. The topological polar surface area (TPSA) is 58.6 Å². The zero-order valence-corrected chi connectivity index (χ0v) is 4.18. The van der Waals surface area contributed by atoms with E-state index in [1.54, 1.807) is 6.92 Å². The minimum Gasteiger partial charge on any atom is -0.409 e. The summed E-state index contributed by atoms with van der Waals surface area (Å²) < 4.78 is 0. The molecule has 3 nitrogen and oxygen atoms in total. The minimum absolute atomic E-state index is 0.0833. The fourth-order valence-corrected chi connectivity index (χ4v) is 0.0854. The van der Waals surface area contributed by atoms with Crippen LogP contribution < -0.4 is 5.73 Å². The maximum atomic E-state index is 7.91. The molecule has 0 atom stereocenters. The van der Waals surface area contributed by atoms with E-state index in [1.165, 1.54) is 0 Å². The molecule has 0 spiro atoms. The first-order valence-corrected chi connectivity index (χ1v) is 1.82. The lowest BCUT2D eigenvalue weighted by Gasteiger charge is -1.89. The second-order valence-corrected chi connectivity index (χ2v) is 1.27. The zero-order valence-electron chi connectivity index (χ0n) is 4.18. The van der Waals surface area contributed by atoms with Crippen molar-refractivity contribution in [3.8, 4) is 0 Å². The van der Waals surface area contributed by atoms with Crippen LogP contribution in [0.15, 0.2) is 17.3 Å². The van der Waals surface area contributed by atoms with Crippen molar-refractivity contribution in [2.24, 2.45) is 10.9 Å². The molecule has 0 aliphatic heterocycles. The monoisotopic (exact) mass is 100 g/mol. The summed E-state index contributed by atoms with van der Waals surface area (Å²) in [6, 6.07) is 0. The van der Waals surface area contributed by atoms with Crippen LogP contribution in [0.2, 0.25) is 0 Å². The largest absolute Gasteiger partial charge is 0.409 e. The smallest absolute Gasteiger partial charge is 0.165 e. The molecule has 0 saturated heterocycles. The lowest BCUT2D eigenvalue weighted by atomic mass is 10.3. The Morgan fingerprint density at radius 1 is 1.86 bits per heavy atom. The molecule has 0 aliphatic rings. The lowest BCUT2D eigenvalue weighted by Crippen LogP contribution is -2.11. The molecule has 0 bridgehead atoms. The van der Waals surface area contributed by atoms with Gasteiger partial charge in [-0.15, -0.1) is 0 Å². The third-order valence-corrected chi connectivity index (χ3v) is 0.545. The summed E-state index contributed by atoms with van der Waals surface area (Å²) in [5.41, 5.74) is 5.59. The lowest BCUT2D eigenvalue weighted by molar-refractivity contribution is 0.318. The number of nitrogens with two attached hydrogens (primary N) is 1. The zero-order chi connectivity index (χ0) is 5.86. The van der Waals surface area contributed by atoms with Crippen LogP contribution in [0.3, 0.4) is 0 Å². The SMILES string of the molecule is C=C(C)/C(N)=N\O. The molecule has 3 heteroatoms. The van der Waals surface area contributed by atoms with Gasteiger partial charge in [-0.1, -0.05) is 11.7 Å². The molecule has 0 aromatic rings. The van der Waals surface area contributed by atoms with Gasteiger partial charge in [-0.2, -0.15) is 0 Å². The van der Waals surface area contributed by atoms with Crippen molar-refractivity contribution < 1.29 is 5.21 Å². The van der Waals surface area contributed by atoms with E-state index in [0.29, 0.717) is 5.57 Å². The summed E-state index contributed by atoms with van der Waals surface area (Å²) in [6.07, 6.45) is 0. The summed E-state index contributed by atoms with van der Waals surface area (Å²) in [7, 11) is 0. The van der Waals surface area contributed by atoms with Gasteiger partial charge in [0, 0.05) is 0 Å². The maximum absolute atomic E-state index is 7.91. The fraction of sp³-hybridized carbons (Fsp3) is 0.250. The van der Waals surface area contributed by atoms with Gasteiger partial charge >= 0.3 is 0 Å². The van der Waals surface area contributed by atoms with Crippen molar-refractivity contribution in [1.29, 1.82) is 0 Å². The van der Waals surface area contributed by atoms with Crippen molar-refractivity contribution in [3.63, 3.8) is 0 Å². The van der Waals surface area contributed by atoms with Crippen LogP contribution >= 0.6 is 0 Å². The second kappa shape index (κ2) is 2.23. The predicted octanol–water partition coefficient (Wildman–Crippen LogP) is 0.309. The van der Waals surface area contributed by atoms with Crippen LogP contribution in [0.4, 0.5) is 0 Å². The molecule has 0 aliphatic carbocycles. The molecular formula is C4H8N2O. The molecular weight excluding hydrogens is 92.1 g/mol. The number of hydrogen-bond donors (Lipinski definition) is 2. The molecule has 0 amide bonds. The van der Waals surface area contributed by atoms with Gasteiger partial charge in [0.15, 0.2) is 5.84 Å². The first kappa shape index (κ1) is 6.01. The Kier molecular flexibility index (Phi) is 1.91. The van der Waals surface area contributed by atoms with Crippen molar-refractivity contribution in [2.45, 2.75) is 6.92 Å². The summed E-state index contributed by atoms with van der Waals surface area (Å²) in [4.78, 5) is 0. The normalized spacial score (nSPS) is 11.3. The highest BCUT2D eigenvalue weighted by molar-refractivity contribution is 5.95. The van der Waals surface area contributed by atoms with E-state index in [9.17, 15) is 0 Å². The summed E-state index contributed by atoms with van der Waals surface area (Å²) in [6.45, 7) is 5.07. The fourth-order valence-electron chi connectivity index (χ4n) is 0.0854. The van der Waals surface area contributed by atoms with E-state index in [-0.39, 0.29) is 5.84 Å². The molecule has 7 heavy (non-hydrogen) atoms. The molecule has 0 aromatic carbocycles. The summed E-state index contributed by atoms with van der Waals surface area (Å²) >= 11 is 0. The van der Waals surface area contributed by atoms with Crippen LogP contribution in [-0.4, -0.2) is 11.0 Å². The summed E-state index contributed by atoms with van der Waals surface area (Å²) in [5, 5.41) is 10.6. The molecule has 40 valence electrons. The van der Waals surface area contributed by atoms with Crippen molar-refractivity contribution >= 4 is 5.84 Å². The highest BCUT2D eigenvalue weighted by atomic mass is 16.4. The average Bonchev–Trinajstić information content (AvgIpc) is 1.65.